The topological polar surface area (TPSA) is 38.0 Å². The molecule has 0 spiro atoms. The maximum absolute atomic E-state index is 5.89. The van der Waals surface area contributed by atoms with Crippen molar-refractivity contribution >= 4 is 23.0 Å². The third-order valence-corrected chi connectivity index (χ3v) is 2.61. The molecule has 0 saturated carbocycles. The third-order valence-electron chi connectivity index (χ3n) is 2.37. The largest absolute Gasteiger partial charge is 0.397 e. The Labute approximate surface area is 90.4 Å². The van der Waals surface area contributed by atoms with Crippen LogP contribution in [0.1, 0.15) is 27.2 Å². The molecule has 1 rings (SSSR count). The molecule has 1 aromatic rings. The summed E-state index contributed by atoms with van der Waals surface area (Å²) in [4.78, 5) is 0. The van der Waals surface area contributed by atoms with E-state index in [1.165, 1.54) is 0 Å². The number of nitrogens with one attached hydrogen (secondary N) is 1. The number of rotatable bonds is 3. The van der Waals surface area contributed by atoms with Crippen molar-refractivity contribution in [2.75, 3.05) is 11.1 Å². The van der Waals surface area contributed by atoms with E-state index in [0.29, 0.717) is 5.02 Å². The van der Waals surface area contributed by atoms with Gasteiger partial charge in [0.25, 0.3) is 0 Å². The predicted octanol–water partition coefficient (Wildman–Crippen LogP) is 3.52. The monoisotopic (exact) mass is 212 g/mol. The average Bonchev–Trinajstić information content (AvgIpc) is 2.11. The third kappa shape index (κ3) is 2.81. The summed E-state index contributed by atoms with van der Waals surface area (Å²) in [6.45, 7) is 6.40. The molecule has 1 aromatic carbocycles. The average molecular weight is 213 g/mol. The number of hydrogen-bond donors (Lipinski definition) is 2. The fourth-order valence-corrected chi connectivity index (χ4v) is 1.26. The number of benzene rings is 1. The molecule has 0 aliphatic heterocycles. The van der Waals surface area contributed by atoms with Gasteiger partial charge in [-0.05, 0) is 38.5 Å². The van der Waals surface area contributed by atoms with E-state index < -0.39 is 0 Å². The molecule has 0 bridgehead atoms. The minimum atomic E-state index is 0.0405. The van der Waals surface area contributed by atoms with Crippen molar-refractivity contribution in [2.24, 2.45) is 0 Å². The summed E-state index contributed by atoms with van der Waals surface area (Å²) < 4.78 is 0. The fraction of sp³-hybridized carbons (Fsp3) is 0.455. The summed E-state index contributed by atoms with van der Waals surface area (Å²) in [5.41, 5.74) is 7.51. The molecule has 0 fully saturated rings. The number of anilines is 2. The quantitative estimate of drug-likeness (QED) is 0.753. The van der Waals surface area contributed by atoms with Crippen LogP contribution in [0.5, 0.6) is 0 Å². The van der Waals surface area contributed by atoms with Crippen LogP contribution in [0.2, 0.25) is 5.02 Å². The molecule has 14 heavy (non-hydrogen) atoms. The first-order valence-electron chi connectivity index (χ1n) is 4.78. The number of halogens is 1. The van der Waals surface area contributed by atoms with Crippen molar-refractivity contribution in [1.29, 1.82) is 0 Å². The molecular weight excluding hydrogens is 196 g/mol. The van der Waals surface area contributed by atoms with Crippen LogP contribution >= 0.6 is 11.6 Å². The van der Waals surface area contributed by atoms with Gasteiger partial charge in [0.1, 0.15) is 0 Å². The van der Waals surface area contributed by atoms with Crippen molar-refractivity contribution in [2.45, 2.75) is 32.7 Å². The van der Waals surface area contributed by atoms with Gasteiger partial charge >= 0.3 is 0 Å². The molecule has 0 aliphatic carbocycles. The van der Waals surface area contributed by atoms with Crippen LogP contribution in [0.15, 0.2) is 18.2 Å². The molecule has 0 heterocycles. The molecule has 0 unspecified atom stereocenters. The van der Waals surface area contributed by atoms with Crippen LogP contribution in [-0.2, 0) is 0 Å². The van der Waals surface area contributed by atoms with Crippen molar-refractivity contribution in [1.82, 2.24) is 0 Å². The van der Waals surface area contributed by atoms with Crippen LogP contribution in [0.3, 0.4) is 0 Å². The zero-order valence-corrected chi connectivity index (χ0v) is 9.65. The van der Waals surface area contributed by atoms with Crippen LogP contribution in [0, 0.1) is 0 Å². The van der Waals surface area contributed by atoms with Gasteiger partial charge in [-0.25, -0.2) is 0 Å². The highest BCUT2D eigenvalue weighted by Crippen LogP contribution is 2.26. The van der Waals surface area contributed by atoms with Gasteiger partial charge in [0.2, 0.25) is 0 Å². The molecular formula is C11H17ClN2. The minimum Gasteiger partial charge on any atom is -0.397 e. The van der Waals surface area contributed by atoms with Crippen molar-refractivity contribution < 1.29 is 0 Å². The first-order chi connectivity index (χ1) is 6.44. The summed E-state index contributed by atoms with van der Waals surface area (Å²) in [6.07, 6.45) is 1.03. The van der Waals surface area contributed by atoms with Gasteiger partial charge in [-0.1, -0.05) is 18.5 Å². The van der Waals surface area contributed by atoms with E-state index in [9.17, 15) is 0 Å². The lowest BCUT2D eigenvalue weighted by atomic mass is 10.0. The van der Waals surface area contributed by atoms with Gasteiger partial charge in [-0.3, -0.25) is 0 Å². The molecule has 2 nitrogen and oxygen atoms in total. The zero-order valence-electron chi connectivity index (χ0n) is 8.89. The Bertz CT molecular complexity index is 321. The normalized spacial score (nSPS) is 11.4. The summed E-state index contributed by atoms with van der Waals surface area (Å²) in [6, 6.07) is 5.46. The highest BCUT2D eigenvalue weighted by molar-refractivity contribution is 6.31. The summed E-state index contributed by atoms with van der Waals surface area (Å²) >= 11 is 5.89. The SMILES string of the molecule is CCC(C)(C)Nc1cc(Cl)ccc1N. The van der Waals surface area contributed by atoms with Gasteiger partial charge in [-0.2, -0.15) is 0 Å². The minimum absolute atomic E-state index is 0.0405. The Morgan fingerprint density at radius 1 is 1.43 bits per heavy atom. The molecule has 3 N–H and O–H groups in total. The zero-order chi connectivity index (χ0) is 10.8. The van der Waals surface area contributed by atoms with Gasteiger partial charge in [0, 0.05) is 10.6 Å². The first kappa shape index (κ1) is 11.2. The molecule has 0 saturated heterocycles. The van der Waals surface area contributed by atoms with Gasteiger partial charge in [0.15, 0.2) is 0 Å². The lowest BCUT2D eigenvalue weighted by Gasteiger charge is -2.26. The summed E-state index contributed by atoms with van der Waals surface area (Å²) in [5.74, 6) is 0. The van der Waals surface area contributed by atoms with Crippen molar-refractivity contribution in [3.63, 3.8) is 0 Å². The van der Waals surface area contributed by atoms with Crippen molar-refractivity contribution in [3.05, 3.63) is 23.2 Å². The van der Waals surface area contributed by atoms with E-state index in [1.54, 1.807) is 6.07 Å². The van der Waals surface area contributed by atoms with E-state index in [-0.39, 0.29) is 5.54 Å². The Morgan fingerprint density at radius 3 is 2.64 bits per heavy atom. The lowest BCUT2D eigenvalue weighted by molar-refractivity contribution is 0.547. The standard InChI is InChI=1S/C11H17ClN2/c1-4-11(2,3)14-10-7-8(12)5-6-9(10)13/h5-7,14H,4,13H2,1-3H3. The van der Waals surface area contributed by atoms with Crippen LogP contribution in [-0.4, -0.2) is 5.54 Å². The second-order valence-electron chi connectivity index (χ2n) is 4.09. The maximum atomic E-state index is 5.89. The van der Waals surface area contributed by atoms with Gasteiger partial charge in [-0.15, -0.1) is 0 Å². The molecule has 0 radical (unpaired) electrons. The molecule has 0 amide bonds. The number of nitrogen functional groups attached to an aromatic ring is 1. The molecule has 78 valence electrons. The van der Waals surface area contributed by atoms with Crippen LogP contribution in [0.25, 0.3) is 0 Å². The summed E-state index contributed by atoms with van der Waals surface area (Å²) in [7, 11) is 0. The van der Waals surface area contributed by atoms with E-state index >= 15 is 0 Å². The maximum Gasteiger partial charge on any atom is 0.0592 e. The smallest absolute Gasteiger partial charge is 0.0592 e. The molecule has 0 atom stereocenters. The van der Waals surface area contributed by atoms with E-state index in [4.69, 9.17) is 17.3 Å². The molecule has 0 aromatic heterocycles. The highest BCUT2D eigenvalue weighted by Gasteiger charge is 2.15. The van der Waals surface area contributed by atoms with Gasteiger partial charge < -0.3 is 11.1 Å². The number of nitrogens with two attached hydrogens (primary N) is 1. The van der Waals surface area contributed by atoms with Crippen LogP contribution in [0.4, 0.5) is 11.4 Å². The van der Waals surface area contributed by atoms with Crippen molar-refractivity contribution in [3.8, 4) is 0 Å². The highest BCUT2D eigenvalue weighted by atomic mass is 35.5. The Kier molecular flexibility index (Phi) is 3.27. The molecule has 0 aliphatic rings. The lowest BCUT2D eigenvalue weighted by Crippen LogP contribution is -2.30. The van der Waals surface area contributed by atoms with E-state index in [1.807, 2.05) is 12.1 Å². The van der Waals surface area contributed by atoms with E-state index in [0.717, 1.165) is 17.8 Å². The summed E-state index contributed by atoms with van der Waals surface area (Å²) in [5, 5.41) is 4.07. The second kappa shape index (κ2) is 4.09. The Morgan fingerprint density at radius 2 is 2.07 bits per heavy atom. The second-order valence-corrected chi connectivity index (χ2v) is 4.53. The fourth-order valence-electron chi connectivity index (χ4n) is 1.09. The predicted molar refractivity (Wildman–Crippen MR) is 63.9 cm³/mol. The van der Waals surface area contributed by atoms with E-state index in [2.05, 4.69) is 26.1 Å². The molecule has 3 heteroatoms. The Hall–Kier alpha value is -0.890. The number of hydrogen-bond acceptors (Lipinski definition) is 2. The van der Waals surface area contributed by atoms with Crippen LogP contribution < -0.4 is 11.1 Å². The first-order valence-corrected chi connectivity index (χ1v) is 5.15. The van der Waals surface area contributed by atoms with Gasteiger partial charge in [0.05, 0.1) is 11.4 Å². The Balaban J connectivity index is 2.91.